The lowest BCUT2D eigenvalue weighted by atomic mass is 10.1. The largest absolute Gasteiger partial charge is 0.494 e. The molecule has 0 unspecified atom stereocenters. The van der Waals surface area contributed by atoms with E-state index in [0.29, 0.717) is 44.1 Å². The fourth-order valence-corrected chi connectivity index (χ4v) is 4.43. The maximum Gasteiger partial charge on any atom is 0.243 e. The summed E-state index contributed by atoms with van der Waals surface area (Å²) in [4.78, 5) is 13.3. The first kappa shape index (κ1) is 17.7. The van der Waals surface area contributed by atoms with Crippen molar-refractivity contribution in [3.63, 3.8) is 0 Å². The molecule has 1 aromatic carbocycles. The zero-order valence-corrected chi connectivity index (χ0v) is 14.9. The van der Waals surface area contributed by atoms with Gasteiger partial charge in [0.2, 0.25) is 15.9 Å². The van der Waals surface area contributed by atoms with E-state index in [2.05, 4.69) is 0 Å². The van der Waals surface area contributed by atoms with Crippen LogP contribution in [0.1, 0.15) is 25.0 Å². The third kappa shape index (κ3) is 3.67. The van der Waals surface area contributed by atoms with Crippen molar-refractivity contribution in [3.8, 4) is 5.75 Å². The van der Waals surface area contributed by atoms with Gasteiger partial charge in [-0.15, -0.1) is 0 Å². The van der Waals surface area contributed by atoms with E-state index in [0.717, 1.165) is 5.56 Å². The number of nitrogens with zero attached hydrogens (tertiary/aromatic N) is 2. The summed E-state index contributed by atoms with van der Waals surface area (Å²) < 4.78 is 32.8. The highest BCUT2D eigenvalue weighted by Crippen LogP contribution is 2.28. The lowest BCUT2D eigenvalue weighted by Crippen LogP contribution is -2.50. The number of piperazine rings is 1. The number of hydrogen-bond acceptors (Lipinski definition) is 4. The molecule has 0 N–H and O–H groups in total. The maximum atomic E-state index is 12.9. The second kappa shape index (κ2) is 6.88. The van der Waals surface area contributed by atoms with E-state index in [1.54, 1.807) is 17.9 Å². The number of carbonyl (C=O) groups excluding carboxylic acids is 1. The predicted molar refractivity (Wildman–Crippen MR) is 88.1 cm³/mol. The van der Waals surface area contributed by atoms with Gasteiger partial charge in [-0.25, -0.2) is 8.42 Å². The average Bonchev–Trinajstić information content (AvgIpc) is 2.50. The van der Waals surface area contributed by atoms with E-state index in [9.17, 15) is 13.2 Å². The summed E-state index contributed by atoms with van der Waals surface area (Å²) in [5.74, 6) is 0.575. The highest BCUT2D eigenvalue weighted by atomic mass is 32.2. The highest BCUT2D eigenvalue weighted by Gasteiger charge is 2.30. The van der Waals surface area contributed by atoms with Gasteiger partial charge in [0.25, 0.3) is 0 Å². The van der Waals surface area contributed by atoms with Gasteiger partial charge in [0.15, 0.2) is 0 Å². The maximum absolute atomic E-state index is 12.9. The Bertz CT molecular complexity index is 692. The molecule has 0 aromatic heterocycles. The number of sulfonamides is 1. The number of amides is 1. The van der Waals surface area contributed by atoms with Crippen LogP contribution in [-0.4, -0.2) is 56.3 Å². The first-order valence-corrected chi connectivity index (χ1v) is 9.21. The van der Waals surface area contributed by atoms with Crippen LogP contribution in [0, 0.1) is 13.8 Å². The Labute approximate surface area is 138 Å². The molecule has 128 valence electrons. The lowest BCUT2D eigenvalue weighted by molar-refractivity contribution is -0.129. The Morgan fingerprint density at radius 2 is 1.74 bits per heavy atom. The standard InChI is InChI=1S/C16H24N2O4S/c1-5-22-15-11-16(13(3)10-12(15)2)23(20,21)18-8-6-17(7-9-18)14(4)19/h10-11H,5-9H2,1-4H3. The molecule has 0 aliphatic carbocycles. The molecular weight excluding hydrogens is 316 g/mol. The minimum absolute atomic E-state index is 0.0211. The second-order valence-corrected chi connectivity index (χ2v) is 7.63. The van der Waals surface area contributed by atoms with Gasteiger partial charge >= 0.3 is 0 Å². The molecule has 23 heavy (non-hydrogen) atoms. The summed E-state index contributed by atoms with van der Waals surface area (Å²) in [5.41, 5.74) is 1.63. The molecule has 1 saturated heterocycles. The van der Waals surface area contributed by atoms with Crippen LogP contribution >= 0.6 is 0 Å². The fraction of sp³-hybridized carbons (Fsp3) is 0.562. The van der Waals surface area contributed by atoms with E-state index in [1.165, 1.54) is 11.2 Å². The van der Waals surface area contributed by atoms with Crippen molar-refractivity contribution in [1.82, 2.24) is 9.21 Å². The molecule has 0 atom stereocenters. The number of hydrogen-bond donors (Lipinski definition) is 0. The van der Waals surface area contributed by atoms with Crippen LogP contribution in [0.5, 0.6) is 5.75 Å². The van der Waals surface area contributed by atoms with Gasteiger partial charge in [0.05, 0.1) is 11.5 Å². The van der Waals surface area contributed by atoms with Gasteiger partial charge in [0.1, 0.15) is 5.75 Å². The molecule has 1 fully saturated rings. The molecule has 1 aromatic rings. The SMILES string of the molecule is CCOc1cc(S(=O)(=O)N2CCN(C(C)=O)CC2)c(C)cc1C. The zero-order valence-electron chi connectivity index (χ0n) is 14.1. The molecular formula is C16H24N2O4S. The number of aryl methyl sites for hydroxylation is 2. The molecule has 0 radical (unpaired) electrons. The normalized spacial score (nSPS) is 16.4. The molecule has 1 heterocycles. The van der Waals surface area contributed by atoms with E-state index >= 15 is 0 Å². The number of benzene rings is 1. The van der Waals surface area contributed by atoms with Gasteiger partial charge in [-0.1, -0.05) is 6.07 Å². The van der Waals surface area contributed by atoms with Crippen LogP contribution < -0.4 is 4.74 Å². The Balaban J connectivity index is 2.30. The molecule has 2 rings (SSSR count). The Hall–Kier alpha value is -1.60. The Morgan fingerprint density at radius 3 is 2.26 bits per heavy atom. The molecule has 0 saturated carbocycles. The van der Waals surface area contributed by atoms with Crippen LogP contribution in [0.2, 0.25) is 0 Å². The van der Waals surface area contributed by atoms with Crippen molar-refractivity contribution in [3.05, 3.63) is 23.3 Å². The molecule has 1 aliphatic heterocycles. The third-order valence-corrected chi connectivity index (χ3v) is 6.11. The summed E-state index contributed by atoms with van der Waals surface area (Å²) in [5, 5.41) is 0. The summed E-state index contributed by atoms with van der Waals surface area (Å²) in [6.45, 7) is 9.05. The van der Waals surface area contributed by atoms with E-state index < -0.39 is 10.0 Å². The van der Waals surface area contributed by atoms with Crippen molar-refractivity contribution in [2.24, 2.45) is 0 Å². The van der Waals surface area contributed by atoms with E-state index in [4.69, 9.17) is 4.74 Å². The molecule has 0 spiro atoms. The third-order valence-electron chi connectivity index (χ3n) is 4.07. The van der Waals surface area contributed by atoms with Crippen molar-refractivity contribution in [2.75, 3.05) is 32.8 Å². The molecule has 1 aliphatic rings. The summed E-state index contributed by atoms with van der Waals surface area (Å²) in [7, 11) is -3.58. The Morgan fingerprint density at radius 1 is 1.13 bits per heavy atom. The van der Waals surface area contributed by atoms with E-state index in [-0.39, 0.29) is 10.8 Å². The number of ether oxygens (including phenoxy) is 1. The van der Waals surface area contributed by atoms with Gasteiger partial charge in [-0.3, -0.25) is 4.79 Å². The van der Waals surface area contributed by atoms with Crippen LogP contribution in [-0.2, 0) is 14.8 Å². The summed E-state index contributed by atoms with van der Waals surface area (Å²) in [6, 6.07) is 3.45. The first-order chi connectivity index (χ1) is 10.8. The monoisotopic (exact) mass is 340 g/mol. The van der Waals surface area contributed by atoms with Crippen LogP contribution in [0.3, 0.4) is 0 Å². The lowest BCUT2D eigenvalue weighted by Gasteiger charge is -2.33. The van der Waals surface area contributed by atoms with Crippen molar-refractivity contribution >= 4 is 15.9 Å². The topological polar surface area (TPSA) is 66.9 Å². The van der Waals surface area contributed by atoms with Crippen LogP contribution in [0.15, 0.2) is 17.0 Å². The predicted octanol–water partition coefficient (Wildman–Crippen LogP) is 1.55. The van der Waals surface area contributed by atoms with Gasteiger partial charge in [0, 0.05) is 39.2 Å². The smallest absolute Gasteiger partial charge is 0.243 e. The minimum Gasteiger partial charge on any atom is -0.494 e. The average molecular weight is 340 g/mol. The Kier molecular flexibility index (Phi) is 5.31. The fourth-order valence-electron chi connectivity index (χ4n) is 2.79. The molecule has 6 nitrogen and oxygen atoms in total. The highest BCUT2D eigenvalue weighted by molar-refractivity contribution is 7.89. The first-order valence-electron chi connectivity index (χ1n) is 7.77. The minimum atomic E-state index is -3.58. The van der Waals surface area contributed by atoms with Crippen molar-refractivity contribution in [1.29, 1.82) is 0 Å². The summed E-state index contributed by atoms with van der Waals surface area (Å²) >= 11 is 0. The van der Waals surface area contributed by atoms with E-state index in [1.807, 2.05) is 19.9 Å². The second-order valence-electron chi connectivity index (χ2n) is 5.73. The number of carbonyl (C=O) groups is 1. The van der Waals surface area contributed by atoms with Crippen molar-refractivity contribution < 1.29 is 17.9 Å². The summed E-state index contributed by atoms with van der Waals surface area (Å²) in [6.07, 6.45) is 0. The van der Waals surface area contributed by atoms with Crippen LogP contribution in [0.4, 0.5) is 0 Å². The van der Waals surface area contributed by atoms with Gasteiger partial charge in [-0.2, -0.15) is 4.31 Å². The van der Waals surface area contributed by atoms with Crippen LogP contribution in [0.25, 0.3) is 0 Å². The molecule has 7 heteroatoms. The van der Waals surface area contributed by atoms with Gasteiger partial charge in [-0.05, 0) is 31.9 Å². The van der Waals surface area contributed by atoms with Crippen molar-refractivity contribution in [2.45, 2.75) is 32.6 Å². The molecule has 1 amide bonds. The zero-order chi connectivity index (χ0) is 17.2. The number of rotatable bonds is 4. The molecule has 0 bridgehead atoms. The van der Waals surface area contributed by atoms with Gasteiger partial charge < -0.3 is 9.64 Å². The quantitative estimate of drug-likeness (QED) is 0.834.